The Morgan fingerprint density at radius 3 is 2.43 bits per heavy atom. The van der Waals surface area contributed by atoms with Crippen molar-refractivity contribution in [2.24, 2.45) is 0 Å². The normalized spacial score (nSPS) is 15.1. The molecule has 0 bridgehead atoms. The zero-order chi connectivity index (χ0) is 19.5. The average molecular weight is 375 g/mol. The van der Waals surface area contributed by atoms with Gasteiger partial charge in [0.05, 0.1) is 12.1 Å². The van der Waals surface area contributed by atoms with E-state index in [9.17, 15) is 4.79 Å². The fourth-order valence-electron chi connectivity index (χ4n) is 3.60. The number of amides is 1. The number of carbonyl (C=O) groups is 1. The van der Waals surface area contributed by atoms with E-state index < -0.39 is 0 Å². The third kappa shape index (κ3) is 3.82. The number of hydrogen-bond donors (Lipinski definition) is 1. The number of aromatic nitrogens is 2. The summed E-state index contributed by atoms with van der Waals surface area (Å²) in [5.74, 6) is 1.35. The minimum atomic E-state index is 0.105. The van der Waals surface area contributed by atoms with E-state index in [1.54, 1.807) is 0 Å². The maximum Gasteiger partial charge on any atom is 0.253 e. The number of aryl methyl sites for hydroxylation is 1. The summed E-state index contributed by atoms with van der Waals surface area (Å²) in [6.45, 7) is 5.77. The van der Waals surface area contributed by atoms with Crippen LogP contribution in [0.5, 0.6) is 0 Å². The highest BCUT2D eigenvalue weighted by molar-refractivity contribution is 5.94. The molecule has 0 unspecified atom stereocenters. The molecular formula is C22H25N5O. The van der Waals surface area contributed by atoms with Gasteiger partial charge in [-0.1, -0.05) is 31.2 Å². The molecule has 6 nitrogen and oxygen atoms in total. The molecule has 3 aromatic rings. The van der Waals surface area contributed by atoms with E-state index in [1.807, 2.05) is 53.4 Å². The van der Waals surface area contributed by atoms with Crippen LogP contribution in [0.15, 0.2) is 48.5 Å². The van der Waals surface area contributed by atoms with Crippen LogP contribution in [-0.4, -0.2) is 51.9 Å². The monoisotopic (exact) mass is 375 g/mol. The molecule has 1 aliphatic rings. The van der Waals surface area contributed by atoms with Gasteiger partial charge in [0.15, 0.2) is 0 Å². The van der Waals surface area contributed by atoms with Crippen molar-refractivity contribution in [1.29, 1.82) is 0 Å². The van der Waals surface area contributed by atoms with E-state index in [0.29, 0.717) is 25.5 Å². The molecule has 1 aromatic heterocycles. The number of rotatable bonds is 4. The van der Waals surface area contributed by atoms with Crippen LogP contribution in [-0.2, 0) is 13.0 Å². The van der Waals surface area contributed by atoms with Gasteiger partial charge in [-0.25, -0.2) is 9.97 Å². The van der Waals surface area contributed by atoms with Gasteiger partial charge in [0.2, 0.25) is 0 Å². The second-order valence-corrected chi connectivity index (χ2v) is 7.16. The van der Waals surface area contributed by atoms with E-state index in [4.69, 9.17) is 5.73 Å². The second kappa shape index (κ2) is 7.94. The number of nitrogens with two attached hydrogens (primary N) is 1. The second-order valence-electron chi connectivity index (χ2n) is 7.16. The number of carbonyl (C=O) groups excluding carboxylic acids is 1. The molecule has 0 saturated carbocycles. The number of anilines is 1. The van der Waals surface area contributed by atoms with Gasteiger partial charge in [0, 0.05) is 37.1 Å². The number of nitrogens with zero attached hydrogens (tertiary/aromatic N) is 4. The molecule has 0 spiro atoms. The number of benzene rings is 2. The van der Waals surface area contributed by atoms with Crippen LogP contribution in [0.3, 0.4) is 0 Å². The van der Waals surface area contributed by atoms with Crippen LogP contribution in [0.2, 0.25) is 0 Å². The molecule has 6 heteroatoms. The number of nitrogen functional groups attached to an aromatic ring is 1. The third-order valence-corrected chi connectivity index (χ3v) is 5.31. The van der Waals surface area contributed by atoms with E-state index in [0.717, 1.165) is 41.8 Å². The smallest absolute Gasteiger partial charge is 0.253 e. The number of para-hydroxylation sites is 1. The van der Waals surface area contributed by atoms with Crippen molar-refractivity contribution in [2.45, 2.75) is 19.9 Å². The molecule has 1 amide bonds. The van der Waals surface area contributed by atoms with Gasteiger partial charge >= 0.3 is 0 Å². The van der Waals surface area contributed by atoms with Crippen LogP contribution in [0.1, 0.15) is 28.7 Å². The van der Waals surface area contributed by atoms with Gasteiger partial charge < -0.3 is 10.6 Å². The molecule has 144 valence electrons. The van der Waals surface area contributed by atoms with Crippen LogP contribution in [0.4, 0.5) is 5.82 Å². The number of fused-ring (bicyclic) bond motifs is 1. The Morgan fingerprint density at radius 2 is 1.71 bits per heavy atom. The zero-order valence-electron chi connectivity index (χ0n) is 16.1. The molecular weight excluding hydrogens is 350 g/mol. The van der Waals surface area contributed by atoms with Crippen molar-refractivity contribution in [2.75, 3.05) is 31.9 Å². The molecule has 1 aliphatic heterocycles. The van der Waals surface area contributed by atoms with E-state index >= 15 is 0 Å². The highest BCUT2D eigenvalue weighted by Gasteiger charge is 2.22. The summed E-state index contributed by atoms with van der Waals surface area (Å²) < 4.78 is 0. The predicted molar refractivity (Wildman–Crippen MR) is 111 cm³/mol. The third-order valence-electron chi connectivity index (χ3n) is 5.31. The van der Waals surface area contributed by atoms with Crippen molar-refractivity contribution in [3.8, 4) is 0 Å². The SMILES string of the molecule is CCc1ccc(C(=O)N2CCN(Cc3nc(N)c4ccccc4n3)CC2)cc1. The fraction of sp³-hybridized carbons (Fsp3) is 0.318. The molecule has 28 heavy (non-hydrogen) atoms. The molecule has 2 N–H and O–H groups in total. The summed E-state index contributed by atoms with van der Waals surface area (Å²) in [6.07, 6.45) is 0.981. The predicted octanol–water partition coefficient (Wildman–Crippen LogP) is 2.73. The summed E-state index contributed by atoms with van der Waals surface area (Å²) in [5, 5.41) is 0.885. The Morgan fingerprint density at radius 1 is 1.00 bits per heavy atom. The van der Waals surface area contributed by atoms with Crippen molar-refractivity contribution >= 4 is 22.6 Å². The van der Waals surface area contributed by atoms with Gasteiger partial charge in [-0.05, 0) is 36.2 Å². The van der Waals surface area contributed by atoms with Crippen LogP contribution in [0.25, 0.3) is 10.9 Å². The Balaban J connectivity index is 1.38. The van der Waals surface area contributed by atoms with Gasteiger partial charge in [-0.3, -0.25) is 9.69 Å². The molecule has 2 aromatic carbocycles. The molecule has 4 rings (SSSR count). The zero-order valence-corrected chi connectivity index (χ0v) is 16.1. The highest BCUT2D eigenvalue weighted by atomic mass is 16.2. The Labute approximate surface area is 165 Å². The summed E-state index contributed by atoms with van der Waals surface area (Å²) in [6, 6.07) is 15.7. The minimum Gasteiger partial charge on any atom is -0.383 e. The standard InChI is InChI=1S/C22H25N5O/c1-2-16-7-9-17(10-8-16)22(28)27-13-11-26(12-14-27)15-20-24-19-6-4-3-5-18(19)21(23)25-20/h3-10H,2,11-15H2,1H3,(H2,23,24,25). The first-order chi connectivity index (χ1) is 13.6. The van der Waals surface area contributed by atoms with Crippen molar-refractivity contribution in [1.82, 2.24) is 19.8 Å². The lowest BCUT2D eigenvalue weighted by molar-refractivity contribution is 0.0625. The minimum absolute atomic E-state index is 0.105. The lowest BCUT2D eigenvalue weighted by atomic mass is 10.1. The summed E-state index contributed by atoms with van der Waals surface area (Å²) in [5.41, 5.74) is 8.96. The molecule has 1 fully saturated rings. The van der Waals surface area contributed by atoms with Gasteiger partial charge in [-0.2, -0.15) is 0 Å². The highest BCUT2D eigenvalue weighted by Crippen LogP contribution is 2.18. The van der Waals surface area contributed by atoms with Crippen molar-refractivity contribution < 1.29 is 4.79 Å². The number of piperazine rings is 1. The van der Waals surface area contributed by atoms with Crippen molar-refractivity contribution in [3.63, 3.8) is 0 Å². The average Bonchev–Trinajstić information content (AvgIpc) is 2.74. The summed E-state index contributed by atoms with van der Waals surface area (Å²) in [7, 11) is 0. The maximum atomic E-state index is 12.7. The molecule has 0 atom stereocenters. The Hall–Kier alpha value is -2.99. The van der Waals surface area contributed by atoms with E-state index in [1.165, 1.54) is 5.56 Å². The summed E-state index contributed by atoms with van der Waals surface area (Å²) >= 11 is 0. The molecule has 1 saturated heterocycles. The number of hydrogen-bond acceptors (Lipinski definition) is 5. The lowest BCUT2D eigenvalue weighted by Crippen LogP contribution is -2.48. The first kappa shape index (κ1) is 18.4. The quantitative estimate of drug-likeness (QED) is 0.759. The maximum absolute atomic E-state index is 12.7. The first-order valence-corrected chi connectivity index (χ1v) is 9.75. The van der Waals surface area contributed by atoms with Crippen LogP contribution < -0.4 is 5.73 Å². The van der Waals surface area contributed by atoms with E-state index in [2.05, 4.69) is 21.8 Å². The summed E-state index contributed by atoms with van der Waals surface area (Å²) in [4.78, 5) is 26.0. The Kier molecular flexibility index (Phi) is 5.21. The van der Waals surface area contributed by atoms with Gasteiger partial charge in [-0.15, -0.1) is 0 Å². The van der Waals surface area contributed by atoms with E-state index in [-0.39, 0.29) is 5.91 Å². The molecule has 0 radical (unpaired) electrons. The van der Waals surface area contributed by atoms with Crippen LogP contribution >= 0.6 is 0 Å². The Bertz CT molecular complexity index is 978. The fourth-order valence-corrected chi connectivity index (χ4v) is 3.60. The molecule has 2 heterocycles. The lowest BCUT2D eigenvalue weighted by Gasteiger charge is -2.34. The van der Waals surface area contributed by atoms with Crippen molar-refractivity contribution in [3.05, 3.63) is 65.5 Å². The van der Waals surface area contributed by atoms with Gasteiger partial charge in [0.25, 0.3) is 5.91 Å². The molecule has 0 aliphatic carbocycles. The largest absolute Gasteiger partial charge is 0.383 e. The first-order valence-electron chi connectivity index (χ1n) is 9.75. The van der Waals surface area contributed by atoms with Crippen LogP contribution in [0, 0.1) is 0 Å². The van der Waals surface area contributed by atoms with Gasteiger partial charge in [0.1, 0.15) is 11.6 Å². The topological polar surface area (TPSA) is 75.4 Å².